The molecule has 1 aromatic carbocycles. The minimum atomic E-state index is 0.00254. The molecule has 5 heteroatoms. The molecule has 0 aliphatic heterocycles. The number of benzene rings is 1. The first kappa shape index (κ1) is 13.8. The van der Waals surface area contributed by atoms with Gasteiger partial charge in [0, 0.05) is 8.95 Å². The third-order valence-electron chi connectivity index (χ3n) is 2.37. The van der Waals surface area contributed by atoms with Gasteiger partial charge in [0.05, 0.1) is 10.4 Å². The van der Waals surface area contributed by atoms with E-state index < -0.39 is 0 Å². The molecule has 0 aliphatic rings. The Kier molecular flexibility index (Phi) is 4.59. The van der Waals surface area contributed by atoms with E-state index in [2.05, 4.69) is 31.9 Å². The van der Waals surface area contributed by atoms with E-state index in [0.717, 1.165) is 13.8 Å². The molecule has 0 N–H and O–H groups in total. The van der Waals surface area contributed by atoms with Gasteiger partial charge in [-0.25, -0.2) is 0 Å². The Morgan fingerprint density at radius 3 is 2.72 bits per heavy atom. The lowest BCUT2D eigenvalue weighted by atomic mass is 10.1. The zero-order valence-corrected chi connectivity index (χ0v) is 13.6. The summed E-state index contributed by atoms with van der Waals surface area (Å²) in [5.74, 6) is 0.611. The van der Waals surface area contributed by atoms with Crippen LogP contribution in [0, 0.1) is 0 Å². The Morgan fingerprint density at radius 2 is 2.11 bits per heavy atom. The number of carbonyl (C=O) groups is 1. The van der Waals surface area contributed by atoms with Crippen LogP contribution in [0.25, 0.3) is 0 Å². The van der Waals surface area contributed by atoms with Crippen LogP contribution in [-0.4, -0.2) is 5.78 Å². The standard InChI is InChI=1S/C13H10Br2O2S/c1-8(16)10-3-2-9(14)6-12(10)17-7-13-11(15)4-5-18-13/h2-6H,7H2,1H3. The van der Waals surface area contributed by atoms with Crippen molar-refractivity contribution in [1.82, 2.24) is 0 Å². The summed E-state index contributed by atoms with van der Waals surface area (Å²) in [6.45, 7) is 1.99. The van der Waals surface area contributed by atoms with Gasteiger partial charge in [-0.2, -0.15) is 0 Å². The lowest BCUT2D eigenvalue weighted by Gasteiger charge is -2.09. The zero-order valence-electron chi connectivity index (χ0n) is 9.57. The fourth-order valence-electron chi connectivity index (χ4n) is 1.48. The molecule has 0 saturated heterocycles. The van der Waals surface area contributed by atoms with Gasteiger partial charge < -0.3 is 4.74 Å². The quantitative estimate of drug-likeness (QED) is 0.683. The van der Waals surface area contributed by atoms with Crippen molar-refractivity contribution in [3.05, 3.63) is 49.0 Å². The summed E-state index contributed by atoms with van der Waals surface area (Å²) in [6.07, 6.45) is 0. The van der Waals surface area contributed by atoms with Crippen LogP contribution in [0.5, 0.6) is 5.75 Å². The number of ketones is 1. The molecular formula is C13H10Br2O2S. The lowest BCUT2D eigenvalue weighted by molar-refractivity contribution is 0.101. The number of rotatable bonds is 4. The van der Waals surface area contributed by atoms with Crippen molar-refractivity contribution in [3.63, 3.8) is 0 Å². The molecular weight excluding hydrogens is 380 g/mol. The van der Waals surface area contributed by atoms with Gasteiger partial charge in [-0.1, -0.05) is 15.9 Å². The minimum Gasteiger partial charge on any atom is -0.487 e. The van der Waals surface area contributed by atoms with Crippen LogP contribution in [0.1, 0.15) is 22.2 Å². The van der Waals surface area contributed by atoms with Gasteiger partial charge in [0.1, 0.15) is 12.4 Å². The van der Waals surface area contributed by atoms with E-state index in [4.69, 9.17) is 4.74 Å². The highest BCUT2D eigenvalue weighted by atomic mass is 79.9. The molecule has 2 aromatic rings. The molecule has 0 amide bonds. The Bertz CT molecular complexity index is 578. The second-order valence-electron chi connectivity index (χ2n) is 3.68. The van der Waals surface area contributed by atoms with Crippen LogP contribution in [-0.2, 0) is 6.61 Å². The monoisotopic (exact) mass is 388 g/mol. The van der Waals surface area contributed by atoms with Crippen molar-refractivity contribution < 1.29 is 9.53 Å². The number of carbonyl (C=O) groups excluding carboxylic acids is 1. The molecule has 0 bridgehead atoms. The third kappa shape index (κ3) is 3.22. The Labute approximate surface area is 126 Å². The van der Waals surface area contributed by atoms with Crippen molar-refractivity contribution in [2.24, 2.45) is 0 Å². The maximum atomic E-state index is 11.5. The van der Waals surface area contributed by atoms with E-state index in [0.29, 0.717) is 17.9 Å². The van der Waals surface area contributed by atoms with Crippen LogP contribution in [0.4, 0.5) is 0 Å². The molecule has 18 heavy (non-hydrogen) atoms. The van der Waals surface area contributed by atoms with Crippen LogP contribution in [0.3, 0.4) is 0 Å². The normalized spacial score (nSPS) is 10.4. The van der Waals surface area contributed by atoms with E-state index in [9.17, 15) is 4.79 Å². The van der Waals surface area contributed by atoms with Gasteiger partial charge >= 0.3 is 0 Å². The highest BCUT2D eigenvalue weighted by Gasteiger charge is 2.10. The van der Waals surface area contributed by atoms with Gasteiger partial charge in [0.2, 0.25) is 0 Å². The first-order valence-corrected chi connectivity index (χ1v) is 7.69. The zero-order chi connectivity index (χ0) is 13.1. The second kappa shape index (κ2) is 5.99. The predicted molar refractivity (Wildman–Crippen MR) is 80.5 cm³/mol. The van der Waals surface area contributed by atoms with Gasteiger partial charge in [-0.3, -0.25) is 4.79 Å². The molecule has 0 aliphatic carbocycles. The molecule has 0 atom stereocenters. The Hall–Kier alpha value is -0.650. The summed E-state index contributed by atoms with van der Waals surface area (Å²) >= 11 is 8.46. The molecule has 0 unspecified atom stereocenters. The van der Waals surface area contributed by atoms with Gasteiger partial charge in [0.25, 0.3) is 0 Å². The molecule has 0 fully saturated rings. The maximum absolute atomic E-state index is 11.5. The number of Topliss-reactive ketones (excluding diaryl/α,β-unsaturated/α-hetero) is 1. The summed E-state index contributed by atoms with van der Waals surface area (Å²) in [6, 6.07) is 7.41. The van der Waals surface area contributed by atoms with E-state index in [-0.39, 0.29) is 5.78 Å². The summed E-state index contributed by atoms with van der Waals surface area (Å²) in [5, 5.41) is 2.00. The SMILES string of the molecule is CC(=O)c1ccc(Br)cc1OCc1sccc1Br. The average Bonchev–Trinajstić information content (AvgIpc) is 2.72. The number of halogens is 2. The molecule has 1 aromatic heterocycles. The highest BCUT2D eigenvalue weighted by Crippen LogP contribution is 2.28. The number of hydrogen-bond acceptors (Lipinski definition) is 3. The highest BCUT2D eigenvalue weighted by molar-refractivity contribution is 9.10. The van der Waals surface area contributed by atoms with Gasteiger partial charge in [-0.15, -0.1) is 11.3 Å². The smallest absolute Gasteiger partial charge is 0.163 e. The first-order valence-electron chi connectivity index (χ1n) is 5.23. The molecule has 2 rings (SSSR count). The fraction of sp³-hybridized carbons (Fsp3) is 0.154. The number of hydrogen-bond donors (Lipinski definition) is 0. The maximum Gasteiger partial charge on any atom is 0.163 e. The Balaban J connectivity index is 2.20. The van der Waals surface area contributed by atoms with Gasteiger partial charge in [-0.05, 0) is 52.5 Å². The summed E-state index contributed by atoms with van der Waals surface area (Å²) in [5.41, 5.74) is 0.603. The molecule has 0 saturated carbocycles. The summed E-state index contributed by atoms with van der Waals surface area (Å²) in [4.78, 5) is 12.6. The average molecular weight is 390 g/mol. The summed E-state index contributed by atoms with van der Waals surface area (Å²) in [7, 11) is 0. The topological polar surface area (TPSA) is 26.3 Å². The lowest BCUT2D eigenvalue weighted by Crippen LogP contribution is -2.01. The fourth-order valence-corrected chi connectivity index (χ4v) is 3.20. The molecule has 0 radical (unpaired) electrons. The number of ether oxygens (including phenoxy) is 1. The molecule has 2 nitrogen and oxygen atoms in total. The molecule has 1 heterocycles. The van der Waals surface area contributed by atoms with E-state index >= 15 is 0 Å². The third-order valence-corrected chi connectivity index (χ3v) is 4.77. The second-order valence-corrected chi connectivity index (χ2v) is 6.45. The van der Waals surface area contributed by atoms with Crippen LogP contribution >= 0.6 is 43.2 Å². The van der Waals surface area contributed by atoms with Crippen molar-refractivity contribution >= 4 is 49.0 Å². The first-order chi connectivity index (χ1) is 8.58. The molecule has 94 valence electrons. The van der Waals surface area contributed by atoms with E-state index in [1.807, 2.05) is 23.6 Å². The molecule has 0 spiro atoms. The van der Waals surface area contributed by atoms with Crippen LogP contribution in [0.15, 0.2) is 38.6 Å². The summed E-state index contributed by atoms with van der Waals surface area (Å²) < 4.78 is 7.66. The Morgan fingerprint density at radius 1 is 1.33 bits per heavy atom. The van der Waals surface area contributed by atoms with Crippen molar-refractivity contribution in [1.29, 1.82) is 0 Å². The van der Waals surface area contributed by atoms with Crippen LogP contribution < -0.4 is 4.74 Å². The van der Waals surface area contributed by atoms with Crippen LogP contribution in [0.2, 0.25) is 0 Å². The largest absolute Gasteiger partial charge is 0.487 e. The number of thiophene rings is 1. The van der Waals surface area contributed by atoms with Gasteiger partial charge in [0.15, 0.2) is 5.78 Å². The van der Waals surface area contributed by atoms with Crippen molar-refractivity contribution in [3.8, 4) is 5.75 Å². The van der Waals surface area contributed by atoms with Crippen molar-refractivity contribution in [2.75, 3.05) is 0 Å². The minimum absolute atomic E-state index is 0.00254. The van der Waals surface area contributed by atoms with Crippen molar-refractivity contribution in [2.45, 2.75) is 13.5 Å². The predicted octanol–water partition coefficient (Wildman–Crippen LogP) is 5.05. The van der Waals surface area contributed by atoms with E-state index in [1.165, 1.54) is 6.92 Å². The van der Waals surface area contributed by atoms with E-state index in [1.54, 1.807) is 17.4 Å².